The van der Waals surface area contributed by atoms with Crippen LogP contribution in [0.3, 0.4) is 0 Å². The molecule has 2 heterocycles. The van der Waals surface area contributed by atoms with Crippen molar-refractivity contribution in [2.24, 2.45) is 10.9 Å². The zero-order valence-corrected chi connectivity index (χ0v) is 15.0. The van der Waals surface area contributed by atoms with Gasteiger partial charge in [0.15, 0.2) is 0 Å². The van der Waals surface area contributed by atoms with Crippen molar-refractivity contribution >= 4 is 23.6 Å². The van der Waals surface area contributed by atoms with Crippen LogP contribution < -0.4 is 20.6 Å². The highest BCUT2D eigenvalue weighted by Crippen LogP contribution is 2.24. The second-order valence-corrected chi connectivity index (χ2v) is 6.29. The number of aromatic nitrogens is 2. The van der Waals surface area contributed by atoms with Gasteiger partial charge in [0.25, 0.3) is 5.91 Å². The Morgan fingerprint density at radius 2 is 1.96 bits per heavy atom. The van der Waals surface area contributed by atoms with E-state index in [1.165, 1.54) is 0 Å². The molecule has 3 aromatic rings. The number of hydrogen-bond acceptors (Lipinski definition) is 4. The molecule has 140 valence electrons. The van der Waals surface area contributed by atoms with Gasteiger partial charge in [-0.05, 0) is 23.4 Å². The van der Waals surface area contributed by atoms with Gasteiger partial charge in [-0.2, -0.15) is 0 Å². The Balaban J connectivity index is 1.47. The first kappa shape index (κ1) is 17.7. The predicted molar refractivity (Wildman–Crippen MR) is 103 cm³/mol. The van der Waals surface area contributed by atoms with Gasteiger partial charge in [0.2, 0.25) is 5.91 Å². The van der Waals surface area contributed by atoms with Gasteiger partial charge in [0, 0.05) is 12.4 Å². The second-order valence-electron chi connectivity index (χ2n) is 6.29. The fraction of sp³-hybridized carbons (Fsp3) is 0.143. The van der Waals surface area contributed by atoms with Crippen molar-refractivity contribution in [3.05, 3.63) is 77.8 Å². The molecular weight excluding hydrogens is 356 g/mol. The Morgan fingerprint density at radius 3 is 2.82 bits per heavy atom. The number of carbonyl (C=O) groups excluding carboxylic acids is 2. The van der Waals surface area contributed by atoms with E-state index < -0.39 is 17.7 Å². The number of hydrogen-bond donors (Lipinski definition) is 1. The molecule has 7 heteroatoms. The highest BCUT2D eigenvalue weighted by Gasteiger charge is 2.26. The lowest BCUT2D eigenvalue weighted by Gasteiger charge is -2.15. The number of para-hydroxylation sites is 3. The van der Waals surface area contributed by atoms with Gasteiger partial charge in [0.05, 0.1) is 23.9 Å². The van der Waals surface area contributed by atoms with Crippen molar-refractivity contribution in [1.29, 1.82) is 0 Å². The molecule has 1 N–H and O–H groups in total. The lowest BCUT2D eigenvalue weighted by atomic mass is 10.0. The first-order valence-corrected chi connectivity index (χ1v) is 8.88. The van der Waals surface area contributed by atoms with Crippen molar-refractivity contribution in [2.45, 2.75) is 6.54 Å². The Hall–Kier alpha value is -3.74. The number of nitrogens with one attached hydrogen (secondary N) is 1. The number of amides is 2. The van der Waals surface area contributed by atoms with Crippen LogP contribution >= 0.6 is 0 Å². The summed E-state index contributed by atoms with van der Waals surface area (Å²) in [7, 11) is 0. The summed E-state index contributed by atoms with van der Waals surface area (Å²) >= 11 is 0. The number of nitrogens with zero attached hydrogens (tertiary/aromatic N) is 3. The van der Waals surface area contributed by atoms with Crippen LogP contribution in [-0.4, -0.2) is 28.0 Å². The lowest BCUT2D eigenvalue weighted by Crippen LogP contribution is -2.38. The molecule has 4 rings (SSSR count). The zero-order chi connectivity index (χ0) is 19.3. The highest BCUT2D eigenvalue weighted by atomic mass is 16.5. The number of carbonyl (C=O) groups is 2. The molecule has 0 aliphatic carbocycles. The molecule has 0 saturated heterocycles. The molecule has 0 fully saturated rings. The van der Waals surface area contributed by atoms with Gasteiger partial charge in [-0.1, -0.05) is 36.4 Å². The maximum atomic E-state index is 12.7. The van der Waals surface area contributed by atoms with Crippen LogP contribution in [-0.2, 0) is 16.1 Å². The molecule has 1 unspecified atom stereocenters. The topological polar surface area (TPSA) is 85.6 Å². The number of rotatable bonds is 6. The first-order chi connectivity index (χ1) is 13.7. The zero-order valence-electron chi connectivity index (χ0n) is 15.0. The molecule has 1 aromatic heterocycles. The third kappa shape index (κ3) is 3.83. The van der Waals surface area contributed by atoms with Gasteiger partial charge in [-0.3, -0.25) is 9.59 Å². The van der Waals surface area contributed by atoms with Gasteiger partial charge >= 0.3 is 0 Å². The van der Waals surface area contributed by atoms with Crippen molar-refractivity contribution in [2.75, 3.05) is 11.9 Å². The van der Waals surface area contributed by atoms with Crippen LogP contribution in [0.15, 0.2) is 72.2 Å². The third-order valence-electron chi connectivity index (χ3n) is 4.37. The normalized spacial score (nSPS) is 15.1. The third-order valence-corrected chi connectivity index (χ3v) is 4.37. The standard InChI is InChI=1S/C21H18N4O3/c26-20-16(13-15-5-1-2-6-17(15)23-20)21(27)24-18-7-3-4-8-19(18)28-12-11-25-10-9-22-14-25/h1-10,13-14,16H,11-12H2,(H,24,27). The fourth-order valence-electron chi connectivity index (χ4n) is 2.94. The van der Waals surface area contributed by atoms with E-state index in [1.54, 1.807) is 48.9 Å². The second kappa shape index (κ2) is 7.87. The van der Waals surface area contributed by atoms with Crippen LogP contribution in [0.1, 0.15) is 0 Å². The van der Waals surface area contributed by atoms with Crippen LogP contribution in [0, 0.1) is 5.92 Å². The molecule has 2 aromatic carbocycles. The van der Waals surface area contributed by atoms with Gasteiger partial charge in [0.1, 0.15) is 18.3 Å². The maximum Gasteiger partial charge on any atom is 0.262 e. The monoisotopic (exact) mass is 374 g/mol. The summed E-state index contributed by atoms with van der Waals surface area (Å²) < 4.78 is 7.70. The van der Waals surface area contributed by atoms with E-state index in [-0.39, 0.29) is 0 Å². The van der Waals surface area contributed by atoms with Crippen LogP contribution in [0.4, 0.5) is 5.69 Å². The molecule has 0 bridgehead atoms. The number of fused-ring (bicyclic) bond motifs is 1. The molecule has 0 spiro atoms. The summed E-state index contributed by atoms with van der Waals surface area (Å²) in [6.07, 6.45) is 6.91. The minimum atomic E-state index is -0.964. The van der Waals surface area contributed by atoms with E-state index in [0.717, 1.165) is 5.22 Å². The minimum absolute atomic E-state index is 0.417. The van der Waals surface area contributed by atoms with E-state index in [1.807, 2.05) is 29.0 Å². The first-order valence-electron chi connectivity index (χ1n) is 8.88. The summed E-state index contributed by atoms with van der Waals surface area (Å²) in [5.74, 6) is -1.34. The smallest absolute Gasteiger partial charge is 0.262 e. The molecule has 0 saturated carbocycles. The average Bonchev–Trinajstić information content (AvgIpc) is 3.22. The van der Waals surface area contributed by atoms with Crippen molar-refractivity contribution < 1.29 is 14.3 Å². The van der Waals surface area contributed by atoms with Crippen LogP contribution in [0.2, 0.25) is 0 Å². The van der Waals surface area contributed by atoms with E-state index in [4.69, 9.17) is 4.74 Å². The fourth-order valence-corrected chi connectivity index (χ4v) is 2.94. The van der Waals surface area contributed by atoms with E-state index in [2.05, 4.69) is 15.3 Å². The number of ether oxygens (including phenoxy) is 1. The Kier molecular flexibility index (Phi) is 4.97. The highest BCUT2D eigenvalue weighted by molar-refractivity contribution is 6.12. The quantitative estimate of drug-likeness (QED) is 0.656. The average molecular weight is 374 g/mol. The van der Waals surface area contributed by atoms with Crippen molar-refractivity contribution in [3.63, 3.8) is 0 Å². The summed E-state index contributed by atoms with van der Waals surface area (Å²) in [4.78, 5) is 33.0. The van der Waals surface area contributed by atoms with Crippen LogP contribution in [0.5, 0.6) is 5.75 Å². The maximum absolute atomic E-state index is 12.7. The molecule has 1 aliphatic heterocycles. The van der Waals surface area contributed by atoms with Crippen molar-refractivity contribution in [1.82, 2.24) is 9.55 Å². The van der Waals surface area contributed by atoms with E-state index in [0.29, 0.717) is 29.9 Å². The molecule has 1 atom stereocenters. The largest absolute Gasteiger partial charge is 0.490 e. The summed E-state index contributed by atoms with van der Waals surface area (Å²) in [5.41, 5.74) is 0.512. The Bertz CT molecular complexity index is 1120. The number of imidazole rings is 1. The molecule has 0 radical (unpaired) electrons. The van der Waals surface area contributed by atoms with E-state index in [9.17, 15) is 9.59 Å². The SMILES string of the molecule is O=C1N=c2ccccc2=CC1C(=O)Nc1ccccc1OCCn1ccnc1. The van der Waals surface area contributed by atoms with Crippen molar-refractivity contribution in [3.8, 4) is 5.75 Å². The molecule has 2 amide bonds. The van der Waals surface area contributed by atoms with Gasteiger partial charge in [-0.15, -0.1) is 0 Å². The van der Waals surface area contributed by atoms with Gasteiger partial charge in [-0.25, -0.2) is 9.98 Å². The van der Waals surface area contributed by atoms with Gasteiger partial charge < -0.3 is 14.6 Å². The number of benzene rings is 2. The summed E-state index contributed by atoms with van der Waals surface area (Å²) in [5, 5.41) is 4.14. The van der Waals surface area contributed by atoms with E-state index >= 15 is 0 Å². The summed E-state index contributed by atoms with van der Waals surface area (Å²) in [6.45, 7) is 1.05. The number of anilines is 1. The predicted octanol–water partition coefficient (Wildman–Crippen LogP) is 1.16. The lowest BCUT2D eigenvalue weighted by molar-refractivity contribution is -0.128. The minimum Gasteiger partial charge on any atom is -0.490 e. The van der Waals surface area contributed by atoms with Crippen LogP contribution in [0.25, 0.3) is 6.08 Å². The molecule has 7 nitrogen and oxygen atoms in total. The molecule has 1 aliphatic rings. The molecular formula is C21H18N4O3. The molecule has 28 heavy (non-hydrogen) atoms. The Morgan fingerprint density at radius 1 is 1.14 bits per heavy atom. The Labute approximate surface area is 161 Å². The summed E-state index contributed by atoms with van der Waals surface area (Å²) in [6, 6.07) is 14.4.